The van der Waals surface area contributed by atoms with Crippen LogP contribution in [-0.4, -0.2) is 72.4 Å². The molecule has 1 aliphatic rings. The van der Waals surface area contributed by atoms with Gasteiger partial charge < -0.3 is 19.6 Å². The molecule has 0 radical (unpaired) electrons. The summed E-state index contributed by atoms with van der Waals surface area (Å²) in [5, 5.41) is 9.97. The molecule has 20 heavy (non-hydrogen) atoms. The molecule has 1 N–H and O–H groups in total. The van der Waals surface area contributed by atoms with Crippen LogP contribution in [0.3, 0.4) is 0 Å². The molecule has 0 spiro atoms. The molecule has 0 aromatic carbocycles. The number of likely N-dealkylation sites (tertiary alicyclic amines) is 1. The number of hydrogen-bond donors (Lipinski definition) is 1. The number of ether oxygens (including phenoxy) is 1. The number of aliphatic hydroxyl groups is 1. The first-order valence-electron chi connectivity index (χ1n) is 7.43. The molecule has 1 fully saturated rings. The predicted octanol–water partition coefficient (Wildman–Crippen LogP) is 0.963. The Hall–Kier alpha value is -0.650. The quantitative estimate of drug-likeness (QED) is 0.790. The first-order chi connectivity index (χ1) is 9.17. The number of rotatable bonds is 6. The van der Waals surface area contributed by atoms with E-state index in [1.54, 1.807) is 6.92 Å². The second-order valence-corrected chi connectivity index (χ2v) is 6.92. The molecule has 2 atom stereocenters. The van der Waals surface area contributed by atoms with Gasteiger partial charge >= 0.3 is 0 Å². The van der Waals surface area contributed by atoms with Gasteiger partial charge in [0.2, 0.25) is 5.91 Å². The molecule has 5 nitrogen and oxygen atoms in total. The highest BCUT2D eigenvalue weighted by atomic mass is 16.5. The minimum atomic E-state index is -0.468. The van der Waals surface area contributed by atoms with Gasteiger partial charge in [0.05, 0.1) is 18.3 Å². The van der Waals surface area contributed by atoms with E-state index in [0.717, 1.165) is 26.1 Å². The van der Waals surface area contributed by atoms with Crippen LogP contribution < -0.4 is 0 Å². The predicted molar refractivity (Wildman–Crippen MR) is 79.6 cm³/mol. The third-order valence-electron chi connectivity index (χ3n) is 3.53. The molecular weight excluding hydrogens is 256 g/mol. The van der Waals surface area contributed by atoms with Gasteiger partial charge in [-0.1, -0.05) is 0 Å². The average Bonchev–Trinajstić information content (AvgIpc) is 2.74. The number of aliphatic hydroxyl groups excluding tert-OH is 1. The molecule has 1 rings (SSSR count). The highest BCUT2D eigenvalue weighted by molar-refractivity contribution is 5.73. The number of amides is 1. The molecule has 5 heteroatoms. The summed E-state index contributed by atoms with van der Waals surface area (Å²) in [5.74, 6) is 0.674. The highest BCUT2D eigenvalue weighted by Gasteiger charge is 2.25. The molecule has 0 saturated carbocycles. The van der Waals surface area contributed by atoms with E-state index in [4.69, 9.17) is 4.74 Å². The number of likely N-dealkylation sites (N-methyl/N-ethyl adjacent to an activating group) is 1. The lowest BCUT2D eigenvalue weighted by molar-refractivity contribution is -0.127. The van der Waals surface area contributed by atoms with Crippen molar-refractivity contribution in [3.05, 3.63) is 0 Å². The summed E-state index contributed by atoms with van der Waals surface area (Å²) in [7, 11) is 2.01. The molecule has 1 aliphatic heterocycles. The van der Waals surface area contributed by atoms with Gasteiger partial charge in [-0.25, -0.2) is 0 Å². The Kier molecular flexibility index (Phi) is 6.43. The summed E-state index contributed by atoms with van der Waals surface area (Å²) in [5.41, 5.74) is -0.215. The van der Waals surface area contributed by atoms with E-state index in [-0.39, 0.29) is 11.5 Å². The van der Waals surface area contributed by atoms with Crippen LogP contribution >= 0.6 is 0 Å². The molecule has 1 amide bonds. The zero-order valence-electron chi connectivity index (χ0n) is 13.6. The van der Waals surface area contributed by atoms with E-state index in [1.807, 2.05) is 32.7 Å². The first kappa shape index (κ1) is 17.4. The number of hydrogen-bond acceptors (Lipinski definition) is 4. The van der Waals surface area contributed by atoms with Gasteiger partial charge in [0.1, 0.15) is 0 Å². The summed E-state index contributed by atoms with van der Waals surface area (Å²) < 4.78 is 5.58. The Balaban J connectivity index is 2.23. The zero-order chi connectivity index (χ0) is 15.3. The zero-order valence-corrected chi connectivity index (χ0v) is 13.6. The highest BCUT2D eigenvalue weighted by Crippen LogP contribution is 2.17. The van der Waals surface area contributed by atoms with Crippen LogP contribution in [0, 0.1) is 5.92 Å². The van der Waals surface area contributed by atoms with Gasteiger partial charge in [-0.05, 0) is 40.2 Å². The van der Waals surface area contributed by atoms with Crippen molar-refractivity contribution in [2.75, 3.05) is 39.8 Å². The fourth-order valence-electron chi connectivity index (χ4n) is 2.54. The van der Waals surface area contributed by atoms with E-state index in [0.29, 0.717) is 19.1 Å². The van der Waals surface area contributed by atoms with E-state index in [2.05, 4.69) is 4.90 Å². The molecule has 0 aromatic rings. The normalized spacial score (nSPS) is 21.6. The van der Waals surface area contributed by atoms with Crippen LogP contribution in [0.5, 0.6) is 0 Å². The summed E-state index contributed by atoms with van der Waals surface area (Å²) in [6.07, 6.45) is 0.586. The van der Waals surface area contributed by atoms with Gasteiger partial charge in [-0.3, -0.25) is 4.79 Å². The Morgan fingerprint density at radius 1 is 1.50 bits per heavy atom. The van der Waals surface area contributed by atoms with Gasteiger partial charge in [-0.2, -0.15) is 0 Å². The molecule has 1 heterocycles. The third kappa shape index (κ3) is 6.68. The first-order valence-corrected chi connectivity index (χ1v) is 7.43. The van der Waals surface area contributed by atoms with Crippen LogP contribution in [0.4, 0.5) is 0 Å². The van der Waals surface area contributed by atoms with Crippen LogP contribution in [0.1, 0.15) is 34.1 Å². The molecule has 2 unspecified atom stereocenters. The Labute approximate surface area is 122 Å². The van der Waals surface area contributed by atoms with Gasteiger partial charge in [0, 0.05) is 33.1 Å². The SMILES string of the molecule is CC(=O)N1CCC(CN(C)CC(O)COC(C)(C)C)C1. The van der Waals surface area contributed by atoms with E-state index < -0.39 is 6.10 Å². The minimum absolute atomic E-state index is 0.161. The Morgan fingerprint density at radius 2 is 2.15 bits per heavy atom. The van der Waals surface area contributed by atoms with Gasteiger partial charge in [-0.15, -0.1) is 0 Å². The molecular formula is C15H30N2O3. The van der Waals surface area contributed by atoms with E-state index in [1.165, 1.54) is 0 Å². The number of carbonyl (C=O) groups excluding carboxylic acids is 1. The average molecular weight is 286 g/mol. The Morgan fingerprint density at radius 3 is 2.65 bits per heavy atom. The second kappa shape index (κ2) is 7.38. The topological polar surface area (TPSA) is 53.0 Å². The molecule has 0 aromatic heterocycles. The summed E-state index contributed by atoms with van der Waals surface area (Å²) in [6.45, 7) is 11.2. The lowest BCUT2D eigenvalue weighted by Crippen LogP contribution is -2.37. The number of carbonyl (C=O) groups is 1. The van der Waals surface area contributed by atoms with Crippen LogP contribution in [-0.2, 0) is 9.53 Å². The van der Waals surface area contributed by atoms with Crippen molar-refractivity contribution >= 4 is 5.91 Å². The Bertz CT molecular complexity index is 315. The van der Waals surface area contributed by atoms with Crippen LogP contribution in [0.2, 0.25) is 0 Å². The molecule has 1 saturated heterocycles. The van der Waals surface area contributed by atoms with E-state index >= 15 is 0 Å². The lowest BCUT2D eigenvalue weighted by atomic mass is 10.1. The minimum Gasteiger partial charge on any atom is -0.389 e. The van der Waals surface area contributed by atoms with Crippen molar-refractivity contribution < 1.29 is 14.6 Å². The van der Waals surface area contributed by atoms with Crippen molar-refractivity contribution in [2.24, 2.45) is 5.92 Å². The fraction of sp³-hybridized carbons (Fsp3) is 0.933. The fourth-order valence-corrected chi connectivity index (χ4v) is 2.54. The third-order valence-corrected chi connectivity index (χ3v) is 3.53. The van der Waals surface area contributed by atoms with Crippen LogP contribution in [0.15, 0.2) is 0 Å². The second-order valence-electron chi connectivity index (χ2n) is 6.92. The van der Waals surface area contributed by atoms with Crippen LogP contribution in [0.25, 0.3) is 0 Å². The summed E-state index contributed by atoms with van der Waals surface area (Å²) >= 11 is 0. The van der Waals surface area contributed by atoms with Gasteiger partial charge in [0.15, 0.2) is 0 Å². The molecule has 118 valence electrons. The van der Waals surface area contributed by atoms with Crippen molar-refractivity contribution in [1.29, 1.82) is 0 Å². The standard InChI is InChI=1S/C15H30N2O3/c1-12(18)17-7-6-13(9-17)8-16(5)10-14(19)11-20-15(2,3)4/h13-14,19H,6-11H2,1-5H3. The maximum Gasteiger partial charge on any atom is 0.219 e. The van der Waals surface area contributed by atoms with E-state index in [9.17, 15) is 9.90 Å². The maximum absolute atomic E-state index is 11.3. The van der Waals surface area contributed by atoms with Crippen molar-refractivity contribution in [1.82, 2.24) is 9.80 Å². The monoisotopic (exact) mass is 286 g/mol. The van der Waals surface area contributed by atoms with Crippen molar-refractivity contribution in [3.63, 3.8) is 0 Å². The summed E-state index contributed by atoms with van der Waals surface area (Å²) in [6, 6.07) is 0. The lowest BCUT2D eigenvalue weighted by Gasteiger charge is -2.26. The smallest absolute Gasteiger partial charge is 0.219 e. The largest absolute Gasteiger partial charge is 0.389 e. The van der Waals surface area contributed by atoms with Crippen molar-refractivity contribution in [2.45, 2.75) is 45.8 Å². The molecule has 0 aliphatic carbocycles. The summed E-state index contributed by atoms with van der Waals surface area (Å²) in [4.78, 5) is 15.3. The van der Waals surface area contributed by atoms with Crippen molar-refractivity contribution in [3.8, 4) is 0 Å². The number of nitrogens with zero attached hydrogens (tertiary/aromatic N) is 2. The molecule has 0 bridgehead atoms. The maximum atomic E-state index is 11.3. The van der Waals surface area contributed by atoms with Gasteiger partial charge in [0.25, 0.3) is 0 Å².